The molecule has 4 nitrogen and oxygen atoms in total. The summed E-state index contributed by atoms with van der Waals surface area (Å²) >= 11 is 1.34. The van der Waals surface area contributed by atoms with Crippen LogP contribution in [0.15, 0.2) is 30.3 Å². The number of carbonyl (C=O) groups excluding carboxylic acids is 2. The third-order valence-corrected chi connectivity index (χ3v) is 5.69. The maximum atomic E-state index is 12.4. The van der Waals surface area contributed by atoms with Crippen molar-refractivity contribution < 1.29 is 9.59 Å². The second-order valence-corrected chi connectivity index (χ2v) is 7.40. The molecule has 1 aromatic carbocycles. The van der Waals surface area contributed by atoms with Gasteiger partial charge in [0.15, 0.2) is 0 Å². The lowest BCUT2D eigenvalue weighted by molar-refractivity contribution is -0.122. The zero-order chi connectivity index (χ0) is 16.1. The van der Waals surface area contributed by atoms with Crippen molar-refractivity contribution in [1.82, 2.24) is 10.2 Å². The Labute approximate surface area is 142 Å². The smallest absolute Gasteiger partial charge is 0.281 e. The molecule has 1 aromatic rings. The Balaban J connectivity index is 1.59. The number of amides is 2. The largest absolute Gasteiger partial charge is 0.349 e. The van der Waals surface area contributed by atoms with Crippen LogP contribution < -0.4 is 5.32 Å². The Bertz CT molecular complexity index is 543. The van der Waals surface area contributed by atoms with Crippen LogP contribution in [0.5, 0.6) is 0 Å². The number of rotatable bonds is 6. The van der Waals surface area contributed by atoms with Gasteiger partial charge in [-0.1, -0.05) is 54.9 Å². The first-order valence-corrected chi connectivity index (χ1v) is 9.48. The van der Waals surface area contributed by atoms with Crippen LogP contribution in [0.4, 0.5) is 4.79 Å². The fraction of sp³-hybridized carbons (Fsp3) is 0.556. The minimum Gasteiger partial charge on any atom is -0.349 e. The summed E-state index contributed by atoms with van der Waals surface area (Å²) in [5, 5.41) is 3.34. The van der Waals surface area contributed by atoms with Crippen molar-refractivity contribution in [2.45, 2.75) is 38.1 Å². The van der Waals surface area contributed by atoms with E-state index < -0.39 is 0 Å². The number of hydrogen-bond acceptors (Lipinski definition) is 3. The molecule has 1 atom stereocenters. The van der Waals surface area contributed by atoms with Crippen LogP contribution in [0.1, 0.15) is 43.7 Å². The topological polar surface area (TPSA) is 49.4 Å². The second-order valence-electron chi connectivity index (χ2n) is 6.35. The van der Waals surface area contributed by atoms with Crippen molar-refractivity contribution in [3.63, 3.8) is 0 Å². The SMILES string of the molecule is O=C(CCN1CCSC1=O)NC(c1ccccc1)C1CCCC1. The van der Waals surface area contributed by atoms with Gasteiger partial charge in [-0.05, 0) is 24.3 Å². The minimum absolute atomic E-state index is 0.0513. The maximum Gasteiger partial charge on any atom is 0.281 e. The van der Waals surface area contributed by atoms with Crippen molar-refractivity contribution in [1.29, 1.82) is 0 Å². The predicted molar refractivity (Wildman–Crippen MR) is 93.3 cm³/mol. The lowest BCUT2D eigenvalue weighted by Gasteiger charge is -2.26. The zero-order valence-electron chi connectivity index (χ0n) is 13.4. The molecule has 2 amide bonds. The fourth-order valence-corrected chi connectivity index (χ4v) is 4.39. The molecule has 0 bridgehead atoms. The van der Waals surface area contributed by atoms with Crippen LogP contribution in [0.3, 0.4) is 0 Å². The molecule has 1 N–H and O–H groups in total. The first-order valence-electron chi connectivity index (χ1n) is 8.50. The van der Waals surface area contributed by atoms with Gasteiger partial charge in [-0.2, -0.15) is 0 Å². The summed E-state index contributed by atoms with van der Waals surface area (Å²) in [6.45, 7) is 1.30. The van der Waals surface area contributed by atoms with Crippen LogP contribution >= 0.6 is 11.8 Å². The van der Waals surface area contributed by atoms with Crippen LogP contribution in [0.2, 0.25) is 0 Å². The highest BCUT2D eigenvalue weighted by Gasteiger charge is 2.28. The highest BCUT2D eigenvalue weighted by molar-refractivity contribution is 8.13. The lowest BCUT2D eigenvalue weighted by atomic mass is 9.91. The van der Waals surface area contributed by atoms with E-state index >= 15 is 0 Å². The summed E-state index contributed by atoms with van der Waals surface area (Å²) in [6.07, 6.45) is 5.26. The average molecular weight is 332 g/mol. The van der Waals surface area contributed by atoms with Gasteiger partial charge in [0.2, 0.25) is 5.91 Å². The molecule has 1 aliphatic heterocycles. The Kier molecular flexibility index (Phi) is 5.60. The number of carbonyl (C=O) groups is 2. The maximum absolute atomic E-state index is 12.4. The summed E-state index contributed by atoms with van der Waals surface area (Å²) in [6, 6.07) is 10.4. The first-order chi connectivity index (χ1) is 11.2. The van der Waals surface area contributed by atoms with Crippen molar-refractivity contribution in [3.05, 3.63) is 35.9 Å². The third-order valence-electron chi connectivity index (χ3n) is 4.80. The number of thioether (sulfide) groups is 1. The van der Waals surface area contributed by atoms with Gasteiger partial charge >= 0.3 is 0 Å². The molecule has 1 saturated heterocycles. The molecule has 23 heavy (non-hydrogen) atoms. The van der Waals surface area contributed by atoms with Gasteiger partial charge in [0.05, 0.1) is 6.04 Å². The van der Waals surface area contributed by atoms with E-state index in [1.807, 2.05) is 18.2 Å². The summed E-state index contributed by atoms with van der Waals surface area (Å²) in [5.74, 6) is 1.43. The van der Waals surface area contributed by atoms with Crippen molar-refractivity contribution in [3.8, 4) is 0 Å². The minimum atomic E-state index is 0.0513. The molecule has 1 unspecified atom stereocenters. The van der Waals surface area contributed by atoms with Gasteiger partial charge in [-0.15, -0.1) is 0 Å². The van der Waals surface area contributed by atoms with Crippen LogP contribution in [-0.4, -0.2) is 34.9 Å². The van der Waals surface area contributed by atoms with E-state index in [1.54, 1.807) is 4.90 Å². The molecule has 3 rings (SSSR count). The van der Waals surface area contributed by atoms with Gasteiger partial charge in [0, 0.05) is 25.3 Å². The molecule has 2 fully saturated rings. The van der Waals surface area contributed by atoms with E-state index in [1.165, 1.54) is 43.0 Å². The molecule has 0 radical (unpaired) electrons. The van der Waals surface area contributed by atoms with Gasteiger partial charge in [-0.3, -0.25) is 9.59 Å². The fourth-order valence-electron chi connectivity index (χ4n) is 3.54. The highest BCUT2D eigenvalue weighted by atomic mass is 32.2. The highest BCUT2D eigenvalue weighted by Crippen LogP contribution is 2.35. The number of nitrogens with zero attached hydrogens (tertiary/aromatic N) is 1. The second kappa shape index (κ2) is 7.86. The van der Waals surface area contributed by atoms with Gasteiger partial charge < -0.3 is 10.2 Å². The molecule has 2 aliphatic rings. The zero-order valence-corrected chi connectivity index (χ0v) is 14.2. The van der Waals surface area contributed by atoms with E-state index in [0.29, 0.717) is 18.9 Å². The van der Waals surface area contributed by atoms with Crippen molar-refractivity contribution in [2.75, 3.05) is 18.8 Å². The molecule has 5 heteroatoms. The molecular formula is C18H24N2O2S. The monoisotopic (exact) mass is 332 g/mol. The summed E-state index contributed by atoms with van der Waals surface area (Å²) in [4.78, 5) is 25.8. The van der Waals surface area contributed by atoms with Crippen molar-refractivity contribution >= 4 is 22.9 Å². The summed E-state index contributed by atoms with van der Waals surface area (Å²) in [7, 11) is 0. The van der Waals surface area contributed by atoms with E-state index in [-0.39, 0.29) is 17.2 Å². The lowest BCUT2D eigenvalue weighted by Crippen LogP contribution is -2.35. The number of nitrogens with one attached hydrogen (secondary N) is 1. The average Bonchev–Trinajstić information content (AvgIpc) is 3.23. The molecule has 1 saturated carbocycles. The molecule has 1 aliphatic carbocycles. The van der Waals surface area contributed by atoms with E-state index in [0.717, 1.165) is 12.3 Å². The summed E-state index contributed by atoms with van der Waals surface area (Å²) < 4.78 is 0. The first kappa shape index (κ1) is 16.4. The van der Waals surface area contributed by atoms with Crippen molar-refractivity contribution in [2.24, 2.45) is 5.92 Å². The Morgan fingerprint density at radius 1 is 1.26 bits per heavy atom. The van der Waals surface area contributed by atoms with Gasteiger partial charge in [0.25, 0.3) is 5.24 Å². The molecular weight excluding hydrogens is 308 g/mol. The van der Waals surface area contributed by atoms with E-state index in [9.17, 15) is 9.59 Å². The van der Waals surface area contributed by atoms with Gasteiger partial charge in [-0.25, -0.2) is 0 Å². The van der Waals surface area contributed by atoms with Crippen LogP contribution in [-0.2, 0) is 4.79 Å². The van der Waals surface area contributed by atoms with E-state index in [4.69, 9.17) is 0 Å². The van der Waals surface area contributed by atoms with E-state index in [2.05, 4.69) is 17.4 Å². The standard InChI is InChI=1S/C18H24N2O2S/c21-16(10-11-20-12-13-23-18(20)22)19-17(15-8-4-5-9-15)14-6-2-1-3-7-14/h1-3,6-7,15,17H,4-5,8-13H2,(H,19,21). The predicted octanol–water partition coefficient (Wildman–Crippen LogP) is 3.59. The van der Waals surface area contributed by atoms with Crippen LogP contribution in [0, 0.1) is 5.92 Å². The molecule has 0 aromatic heterocycles. The normalized spacial score (nSPS) is 20.0. The Hall–Kier alpha value is -1.49. The number of hydrogen-bond donors (Lipinski definition) is 1. The van der Waals surface area contributed by atoms with Crippen LogP contribution in [0.25, 0.3) is 0 Å². The molecule has 124 valence electrons. The quantitative estimate of drug-likeness (QED) is 0.866. The molecule has 1 heterocycles. The van der Waals surface area contributed by atoms with Gasteiger partial charge in [0.1, 0.15) is 0 Å². The Morgan fingerprint density at radius 2 is 2.00 bits per heavy atom. The third kappa shape index (κ3) is 4.28. The molecule has 0 spiro atoms. The number of benzene rings is 1. The summed E-state index contributed by atoms with van der Waals surface area (Å²) in [5.41, 5.74) is 1.19. The Morgan fingerprint density at radius 3 is 2.65 bits per heavy atom.